The van der Waals surface area contributed by atoms with Gasteiger partial charge in [-0.2, -0.15) is 0 Å². The molecule has 4 nitrogen and oxygen atoms in total. The standard InChI is InChI=1S/C14H21FN2O2/c1-4-17(5-2)14(18)10(3)19-13-7-6-11(9-16)8-12(13)15/h6-8,10H,4-5,9,16H2,1-3H3. The van der Waals surface area contributed by atoms with Gasteiger partial charge in [0.2, 0.25) is 0 Å². The molecule has 1 amide bonds. The van der Waals surface area contributed by atoms with Crippen LogP contribution in [0.15, 0.2) is 18.2 Å². The zero-order valence-electron chi connectivity index (χ0n) is 11.6. The maximum atomic E-state index is 13.7. The molecule has 0 aromatic heterocycles. The number of rotatable bonds is 6. The molecule has 1 unspecified atom stereocenters. The number of halogens is 1. The molecule has 1 rings (SSSR count). The third-order valence-electron chi connectivity index (χ3n) is 2.96. The van der Waals surface area contributed by atoms with Crippen molar-refractivity contribution in [3.8, 4) is 5.75 Å². The molecule has 0 aliphatic carbocycles. The normalized spacial score (nSPS) is 12.1. The third-order valence-corrected chi connectivity index (χ3v) is 2.96. The average Bonchev–Trinajstić information content (AvgIpc) is 2.42. The monoisotopic (exact) mass is 268 g/mol. The van der Waals surface area contributed by atoms with Gasteiger partial charge < -0.3 is 15.4 Å². The van der Waals surface area contributed by atoms with E-state index in [1.165, 1.54) is 12.1 Å². The first-order valence-corrected chi connectivity index (χ1v) is 6.47. The van der Waals surface area contributed by atoms with E-state index in [0.717, 1.165) is 0 Å². The molecule has 1 atom stereocenters. The number of carbonyl (C=O) groups is 1. The Morgan fingerprint density at radius 2 is 2.05 bits per heavy atom. The van der Waals surface area contributed by atoms with Crippen LogP contribution in [0.1, 0.15) is 26.3 Å². The number of hydrogen-bond acceptors (Lipinski definition) is 3. The lowest BCUT2D eigenvalue weighted by Gasteiger charge is -2.23. The second-order valence-electron chi connectivity index (χ2n) is 4.24. The molecule has 0 radical (unpaired) electrons. The summed E-state index contributed by atoms with van der Waals surface area (Å²) in [4.78, 5) is 13.7. The van der Waals surface area contributed by atoms with E-state index < -0.39 is 11.9 Å². The van der Waals surface area contributed by atoms with Crippen LogP contribution in [0.2, 0.25) is 0 Å². The summed E-state index contributed by atoms with van der Waals surface area (Å²) in [6.45, 7) is 6.90. The van der Waals surface area contributed by atoms with E-state index in [1.54, 1.807) is 17.9 Å². The highest BCUT2D eigenvalue weighted by atomic mass is 19.1. The summed E-state index contributed by atoms with van der Waals surface area (Å²) in [5.74, 6) is -0.570. The summed E-state index contributed by atoms with van der Waals surface area (Å²) in [6, 6.07) is 4.51. The zero-order chi connectivity index (χ0) is 14.4. The van der Waals surface area contributed by atoms with Gasteiger partial charge in [0.1, 0.15) is 0 Å². The van der Waals surface area contributed by atoms with Gasteiger partial charge in [0, 0.05) is 19.6 Å². The van der Waals surface area contributed by atoms with Crippen LogP contribution in [-0.2, 0) is 11.3 Å². The first-order valence-electron chi connectivity index (χ1n) is 6.47. The van der Waals surface area contributed by atoms with E-state index in [9.17, 15) is 9.18 Å². The number of ether oxygens (including phenoxy) is 1. The fraction of sp³-hybridized carbons (Fsp3) is 0.500. The summed E-state index contributed by atoms with van der Waals surface area (Å²) in [5, 5.41) is 0. The minimum Gasteiger partial charge on any atom is -0.478 e. The summed E-state index contributed by atoms with van der Waals surface area (Å²) in [7, 11) is 0. The molecule has 0 heterocycles. The lowest BCUT2D eigenvalue weighted by atomic mass is 10.2. The molecule has 0 aliphatic heterocycles. The average molecular weight is 268 g/mol. The number of nitrogens with two attached hydrogens (primary N) is 1. The van der Waals surface area contributed by atoms with Gasteiger partial charge in [0.05, 0.1) is 0 Å². The summed E-state index contributed by atoms with van der Waals surface area (Å²) in [6.07, 6.45) is -0.710. The molecule has 0 aliphatic rings. The van der Waals surface area contributed by atoms with E-state index in [4.69, 9.17) is 10.5 Å². The Kier molecular flexibility index (Phi) is 5.76. The molecule has 0 saturated carbocycles. The van der Waals surface area contributed by atoms with Crippen LogP contribution in [0.5, 0.6) is 5.75 Å². The van der Waals surface area contributed by atoms with E-state index in [-0.39, 0.29) is 18.2 Å². The van der Waals surface area contributed by atoms with Crippen LogP contribution in [0.4, 0.5) is 4.39 Å². The molecule has 0 fully saturated rings. The predicted molar refractivity (Wildman–Crippen MR) is 72.3 cm³/mol. The van der Waals surface area contributed by atoms with Crippen LogP contribution >= 0.6 is 0 Å². The second kappa shape index (κ2) is 7.09. The summed E-state index contributed by atoms with van der Waals surface area (Å²) < 4.78 is 19.1. The van der Waals surface area contributed by atoms with Gasteiger partial charge >= 0.3 is 0 Å². The number of hydrogen-bond donors (Lipinski definition) is 1. The molecule has 5 heteroatoms. The Labute approximate surface area is 113 Å². The molecule has 0 bridgehead atoms. The first kappa shape index (κ1) is 15.4. The van der Waals surface area contributed by atoms with E-state index in [1.807, 2.05) is 13.8 Å². The largest absolute Gasteiger partial charge is 0.478 e. The van der Waals surface area contributed by atoms with Crippen molar-refractivity contribution < 1.29 is 13.9 Å². The van der Waals surface area contributed by atoms with E-state index in [0.29, 0.717) is 18.7 Å². The molecule has 19 heavy (non-hydrogen) atoms. The molecule has 2 N–H and O–H groups in total. The van der Waals surface area contributed by atoms with Crippen LogP contribution in [0, 0.1) is 5.82 Å². The summed E-state index contributed by atoms with van der Waals surface area (Å²) in [5.41, 5.74) is 6.11. The Balaban J connectivity index is 2.76. The minimum absolute atomic E-state index is 0.0743. The van der Waals surface area contributed by atoms with Crippen LogP contribution < -0.4 is 10.5 Å². The number of likely N-dealkylation sites (N-methyl/N-ethyl adjacent to an activating group) is 1. The van der Waals surface area contributed by atoms with Gasteiger partial charge in [-0.25, -0.2) is 4.39 Å². The molecule has 0 saturated heterocycles. The Bertz CT molecular complexity index is 433. The van der Waals surface area contributed by atoms with Gasteiger partial charge in [-0.15, -0.1) is 0 Å². The van der Waals surface area contributed by atoms with Gasteiger partial charge in [-0.05, 0) is 38.5 Å². The molecule has 106 valence electrons. The quantitative estimate of drug-likeness (QED) is 0.857. The van der Waals surface area contributed by atoms with Crippen molar-refractivity contribution in [2.75, 3.05) is 13.1 Å². The topological polar surface area (TPSA) is 55.6 Å². The highest BCUT2D eigenvalue weighted by molar-refractivity contribution is 5.80. The zero-order valence-corrected chi connectivity index (χ0v) is 11.6. The minimum atomic E-state index is -0.710. The molecule has 0 spiro atoms. The lowest BCUT2D eigenvalue weighted by Crippen LogP contribution is -2.40. The number of benzene rings is 1. The van der Waals surface area contributed by atoms with Gasteiger partial charge in [-0.3, -0.25) is 4.79 Å². The summed E-state index contributed by atoms with van der Waals surface area (Å²) >= 11 is 0. The number of carbonyl (C=O) groups excluding carboxylic acids is 1. The Morgan fingerprint density at radius 3 is 2.53 bits per heavy atom. The van der Waals surface area contributed by atoms with Gasteiger partial charge in [0.25, 0.3) is 5.91 Å². The van der Waals surface area contributed by atoms with Crippen molar-refractivity contribution in [2.24, 2.45) is 5.73 Å². The highest BCUT2D eigenvalue weighted by Gasteiger charge is 2.20. The van der Waals surface area contributed by atoms with Gasteiger partial charge in [0.15, 0.2) is 17.7 Å². The molecule has 1 aromatic carbocycles. The first-order chi connectivity index (χ1) is 9.03. The SMILES string of the molecule is CCN(CC)C(=O)C(C)Oc1ccc(CN)cc1F. The molecular formula is C14H21FN2O2. The fourth-order valence-electron chi connectivity index (χ4n) is 1.80. The number of amides is 1. The van der Waals surface area contributed by atoms with Crippen LogP contribution in [0.25, 0.3) is 0 Å². The second-order valence-corrected chi connectivity index (χ2v) is 4.24. The van der Waals surface area contributed by atoms with Gasteiger partial charge in [-0.1, -0.05) is 6.07 Å². The van der Waals surface area contributed by atoms with E-state index in [2.05, 4.69) is 0 Å². The van der Waals surface area contributed by atoms with Crippen molar-refractivity contribution in [2.45, 2.75) is 33.4 Å². The Morgan fingerprint density at radius 1 is 1.42 bits per heavy atom. The van der Waals surface area contributed by atoms with Crippen molar-refractivity contribution in [1.82, 2.24) is 4.90 Å². The van der Waals surface area contributed by atoms with Crippen LogP contribution in [0.3, 0.4) is 0 Å². The van der Waals surface area contributed by atoms with Crippen LogP contribution in [-0.4, -0.2) is 30.0 Å². The van der Waals surface area contributed by atoms with Crippen molar-refractivity contribution >= 4 is 5.91 Å². The Hall–Kier alpha value is -1.62. The maximum Gasteiger partial charge on any atom is 0.263 e. The maximum absolute atomic E-state index is 13.7. The lowest BCUT2D eigenvalue weighted by molar-refractivity contribution is -0.137. The third kappa shape index (κ3) is 3.92. The predicted octanol–water partition coefficient (Wildman–Crippen LogP) is 1.92. The van der Waals surface area contributed by atoms with Crippen molar-refractivity contribution in [3.05, 3.63) is 29.6 Å². The molecular weight excluding hydrogens is 247 g/mol. The van der Waals surface area contributed by atoms with Crippen molar-refractivity contribution in [3.63, 3.8) is 0 Å². The van der Waals surface area contributed by atoms with E-state index >= 15 is 0 Å². The smallest absolute Gasteiger partial charge is 0.263 e. The highest BCUT2D eigenvalue weighted by Crippen LogP contribution is 2.20. The number of nitrogens with zero attached hydrogens (tertiary/aromatic N) is 1. The fourth-order valence-corrected chi connectivity index (χ4v) is 1.80. The van der Waals surface area contributed by atoms with Crippen molar-refractivity contribution in [1.29, 1.82) is 0 Å². The molecule has 1 aromatic rings.